The Morgan fingerprint density at radius 2 is 1.94 bits per heavy atom. The molecule has 1 nitrogen and oxygen atoms in total. The van der Waals surface area contributed by atoms with Crippen LogP contribution in [0, 0.1) is 17.3 Å². The molecule has 3 atom stereocenters. The molecule has 16 heavy (non-hydrogen) atoms. The standard InChI is InChI=1S/C15H24O/c1-10-5-6-14-13(9-15(14,3)4)11(2)8-12(16)7-10/h12-14,16H,1-2,5-9H2,3-4H3. The molecule has 0 spiro atoms. The van der Waals surface area contributed by atoms with E-state index >= 15 is 0 Å². The first-order valence-corrected chi connectivity index (χ1v) is 6.42. The summed E-state index contributed by atoms with van der Waals surface area (Å²) in [5, 5.41) is 9.92. The third-order valence-corrected chi connectivity index (χ3v) is 4.59. The van der Waals surface area contributed by atoms with Crippen LogP contribution in [0.25, 0.3) is 0 Å². The maximum atomic E-state index is 9.92. The van der Waals surface area contributed by atoms with Gasteiger partial charge in [0.25, 0.3) is 0 Å². The lowest BCUT2D eigenvalue weighted by Gasteiger charge is -2.53. The summed E-state index contributed by atoms with van der Waals surface area (Å²) in [5.74, 6) is 1.40. The van der Waals surface area contributed by atoms with Crippen LogP contribution in [0.5, 0.6) is 0 Å². The first-order chi connectivity index (χ1) is 7.40. The van der Waals surface area contributed by atoms with E-state index in [1.165, 1.54) is 24.0 Å². The van der Waals surface area contributed by atoms with E-state index in [9.17, 15) is 5.11 Å². The molecule has 0 saturated heterocycles. The van der Waals surface area contributed by atoms with Crippen molar-refractivity contribution < 1.29 is 5.11 Å². The molecule has 90 valence electrons. The average Bonchev–Trinajstić information content (AvgIpc) is 2.16. The Morgan fingerprint density at radius 3 is 2.56 bits per heavy atom. The zero-order valence-corrected chi connectivity index (χ0v) is 10.6. The molecule has 0 radical (unpaired) electrons. The summed E-state index contributed by atoms with van der Waals surface area (Å²) >= 11 is 0. The van der Waals surface area contributed by atoms with Gasteiger partial charge in [-0.05, 0) is 49.4 Å². The van der Waals surface area contributed by atoms with Gasteiger partial charge >= 0.3 is 0 Å². The van der Waals surface area contributed by atoms with E-state index in [1.54, 1.807) is 0 Å². The minimum Gasteiger partial charge on any atom is -0.392 e. The summed E-state index contributed by atoms with van der Waals surface area (Å²) in [6.45, 7) is 13.0. The van der Waals surface area contributed by atoms with Gasteiger partial charge in [-0.15, -0.1) is 0 Å². The predicted octanol–water partition coefficient (Wildman–Crippen LogP) is 3.70. The number of hydrogen-bond donors (Lipinski definition) is 1. The summed E-state index contributed by atoms with van der Waals surface area (Å²) < 4.78 is 0. The number of fused-ring (bicyclic) bond motifs is 1. The lowest BCUT2D eigenvalue weighted by Crippen LogP contribution is -2.44. The highest BCUT2D eigenvalue weighted by atomic mass is 16.3. The predicted molar refractivity (Wildman–Crippen MR) is 68.1 cm³/mol. The molecule has 2 saturated carbocycles. The zero-order chi connectivity index (χ0) is 11.9. The van der Waals surface area contributed by atoms with Crippen LogP contribution in [0.15, 0.2) is 24.3 Å². The highest BCUT2D eigenvalue weighted by Crippen LogP contribution is 2.56. The minimum absolute atomic E-state index is 0.248. The van der Waals surface area contributed by atoms with E-state index in [2.05, 4.69) is 27.0 Å². The third kappa shape index (κ3) is 2.10. The smallest absolute Gasteiger partial charge is 0.0614 e. The Kier molecular flexibility index (Phi) is 3.00. The maximum Gasteiger partial charge on any atom is 0.0614 e. The summed E-state index contributed by atoms with van der Waals surface area (Å²) in [7, 11) is 0. The largest absolute Gasteiger partial charge is 0.392 e. The van der Waals surface area contributed by atoms with E-state index in [4.69, 9.17) is 0 Å². The summed E-state index contributed by atoms with van der Waals surface area (Å²) in [6.07, 6.45) is 4.84. The van der Waals surface area contributed by atoms with Crippen molar-refractivity contribution in [3.63, 3.8) is 0 Å². The molecule has 0 aliphatic heterocycles. The van der Waals surface area contributed by atoms with Crippen LogP contribution in [0.1, 0.15) is 46.0 Å². The molecule has 0 heterocycles. The van der Waals surface area contributed by atoms with Crippen molar-refractivity contribution in [2.75, 3.05) is 0 Å². The van der Waals surface area contributed by atoms with Gasteiger partial charge in [-0.1, -0.05) is 38.2 Å². The summed E-state index contributed by atoms with van der Waals surface area (Å²) in [4.78, 5) is 0. The molecule has 0 bridgehead atoms. The molecule has 0 aromatic carbocycles. The van der Waals surface area contributed by atoms with Crippen molar-refractivity contribution in [2.45, 2.75) is 52.1 Å². The molecule has 0 amide bonds. The third-order valence-electron chi connectivity index (χ3n) is 4.59. The fraction of sp³-hybridized carbons (Fsp3) is 0.733. The molecule has 3 unspecified atom stereocenters. The Labute approximate surface area is 99.3 Å². The molecule has 1 N–H and O–H groups in total. The Morgan fingerprint density at radius 1 is 1.25 bits per heavy atom. The topological polar surface area (TPSA) is 20.2 Å². The number of aliphatic hydroxyl groups excluding tert-OH is 1. The van der Waals surface area contributed by atoms with Crippen molar-refractivity contribution in [2.24, 2.45) is 17.3 Å². The van der Waals surface area contributed by atoms with Crippen LogP contribution < -0.4 is 0 Å². The molecule has 0 aromatic heterocycles. The molecular weight excluding hydrogens is 196 g/mol. The van der Waals surface area contributed by atoms with Gasteiger partial charge in [-0.25, -0.2) is 0 Å². The van der Waals surface area contributed by atoms with Gasteiger partial charge in [0.2, 0.25) is 0 Å². The van der Waals surface area contributed by atoms with E-state index < -0.39 is 0 Å². The maximum absolute atomic E-state index is 9.92. The Bertz CT molecular complexity index is 313. The second kappa shape index (κ2) is 4.03. The molecule has 2 rings (SSSR count). The average molecular weight is 220 g/mol. The van der Waals surface area contributed by atoms with Gasteiger partial charge in [0.15, 0.2) is 0 Å². The summed E-state index contributed by atoms with van der Waals surface area (Å²) in [5.41, 5.74) is 2.94. The Balaban J connectivity index is 2.13. The number of aliphatic hydroxyl groups is 1. The fourth-order valence-corrected chi connectivity index (χ4v) is 3.59. The van der Waals surface area contributed by atoms with Crippen molar-refractivity contribution in [3.05, 3.63) is 24.3 Å². The van der Waals surface area contributed by atoms with Gasteiger partial charge in [0.05, 0.1) is 6.10 Å². The van der Waals surface area contributed by atoms with Gasteiger partial charge in [0.1, 0.15) is 0 Å². The SMILES string of the molecule is C=C1CCC2C(CC2(C)C)C(=C)CC(O)C1. The molecule has 2 aliphatic rings. The molecular formula is C15H24O. The van der Waals surface area contributed by atoms with Crippen molar-refractivity contribution >= 4 is 0 Å². The van der Waals surface area contributed by atoms with Crippen LogP contribution in [-0.2, 0) is 0 Å². The van der Waals surface area contributed by atoms with Gasteiger partial charge in [-0.2, -0.15) is 0 Å². The van der Waals surface area contributed by atoms with Crippen molar-refractivity contribution in [3.8, 4) is 0 Å². The van der Waals surface area contributed by atoms with E-state index in [0.717, 1.165) is 25.2 Å². The molecule has 2 aliphatic carbocycles. The lowest BCUT2D eigenvalue weighted by atomic mass is 9.52. The molecule has 1 heteroatoms. The molecule has 2 fully saturated rings. The zero-order valence-electron chi connectivity index (χ0n) is 10.6. The van der Waals surface area contributed by atoms with E-state index in [-0.39, 0.29) is 6.10 Å². The quantitative estimate of drug-likeness (QED) is 0.617. The van der Waals surface area contributed by atoms with Gasteiger partial charge < -0.3 is 5.11 Å². The first kappa shape index (κ1) is 11.9. The van der Waals surface area contributed by atoms with Crippen molar-refractivity contribution in [1.29, 1.82) is 0 Å². The Hall–Kier alpha value is -0.560. The second-order valence-electron chi connectivity index (χ2n) is 6.41. The highest BCUT2D eigenvalue weighted by Gasteiger charge is 2.47. The van der Waals surface area contributed by atoms with Crippen LogP contribution in [0.3, 0.4) is 0 Å². The van der Waals surface area contributed by atoms with E-state index in [1.807, 2.05) is 0 Å². The number of rotatable bonds is 0. The minimum atomic E-state index is -0.248. The number of hydrogen-bond acceptors (Lipinski definition) is 1. The normalized spacial score (nSPS) is 39.1. The van der Waals surface area contributed by atoms with Crippen LogP contribution in [0.2, 0.25) is 0 Å². The van der Waals surface area contributed by atoms with Crippen LogP contribution in [0.4, 0.5) is 0 Å². The van der Waals surface area contributed by atoms with Crippen molar-refractivity contribution in [1.82, 2.24) is 0 Å². The van der Waals surface area contributed by atoms with Crippen LogP contribution >= 0.6 is 0 Å². The fourth-order valence-electron chi connectivity index (χ4n) is 3.59. The van der Waals surface area contributed by atoms with Gasteiger partial charge in [-0.3, -0.25) is 0 Å². The highest BCUT2D eigenvalue weighted by molar-refractivity contribution is 5.16. The van der Waals surface area contributed by atoms with Crippen LogP contribution in [-0.4, -0.2) is 11.2 Å². The lowest BCUT2D eigenvalue weighted by molar-refractivity contribution is 0.00235. The second-order valence-corrected chi connectivity index (χ2v) is 6.41. The first-order valence-electron chi connectivity index (χ1n) is 6.42. The van der Waals surface area contributed by atoms with Gasteiger partial charge in [0, 0.05) is 0 Å². The van der Waals surface area contributed by atoms with E-state index in [0.29, 0.717) is 11.3 Å². The monoisotopic (exact) mass is 220 g/mol. The summed E-state index contributed by atoms with van der Waals surface area (Å²) in [6, 6.07) is 0. The molecule has 0 aromatic rings.